The summed E-state index contributed by atoms with van der Waals surface area (Å²) < 4.78 is 12.4. The zero-order valence-electron chi connectivity index (χ0n) is 6.92. The summed E-state index contributed by atoms with van der Waals surface area (Å²) in [4.78, 5) is 0. The molecule has 62 valence electrons. The molecule has 0 bridgehead atoms. The summed E-state index contributed by atoms with van der Waals surface area (Å²) in [5.41, 5.74) is 1.01. The van der Waals surface area contributed by atoms with Gasteiger partial charge in [0.15, 0.2) is 0 Å². The van der Waals surface area contributed by atoms with Gasteiger partial charge in [0, 0.05) is 5.92 Å². The average Bonchev–Trinajstić information content (AvgIpc) is 2.09. The molecule has 1 nitrogen and oxygen atoms in total. The minimum absolute atomic E-state index is 0.00420. The smallest absolute Gasteiger partial charge is 0.123 e. The van der Waals surface area contributed by atoms with Crippen molar-refractivity contribution in [3.63, 3.8) is 0 Å². The minimum atomic E-state index is -0.233. The summed E-state index contributed by atoms with van der Waals surface area (Å²) >= 11 is 0. The van der Waals surface area contributed by atoms with Gasteiger partial charge < -0.3 is 0 Å². The number of benzene rings is 1. The van der Waals surface area contributed by atoms with E-state index in [1.54, 1.807) is 12.1 Å². The lowest BCUT2D eigenvalue weighted by Crippen LogP contribution is -1.95. The summed E-state index contributed by atoms with van der Waals surface area (Å²) in [6.07, 6.45) is 0.691. The summed E-state index contributed by atoms with van der Waals surface area (Å²) in [6, 6.07) is 8.39. The van der Waals surface area contributed by atoms with Crippen LogP contribution in [0.4, 0.5) is 4.39 Å². The first kappa shape index (κ1) is 8.73. The summed E-state index contributed by atoms with van der Waals surface area (Å²) in [6.45, 7) is 1.85. The zero-order chi connectivity index (χ0) is 8.97. The average molecular weight is 163 g/mol. The third-order valence-corrected chi connectivity index (χ3v) is 1.68. The molecule has 1 unspecified atom stereocenters. The number of halogens is 1. The monoisotopic (exact) mass is 163 g/mol. The number of rotatable bonds is 2. The van der Waals surface area contributed by atoms with Gasteiger partial charge in [0.2, 0.25) is 0 Å². The topological polar surface area (TPSA) is 23.8 Å². The summed E-state index contributed by atoms with van der Waals surface area (Å²) in [5.74, 6) is -0.237. The molecular weight excluding hydrogens is 153 g/mol. The summed E-state index contributed by atoms with van der Waals surface area (Å²) in [7, 11) is 0. The second-order valence-electron chi connectivity index (χ2n) is 2.86. The van der Waals surface area contributed by atoms with Gasteiger partial charge in [0.05, 0.1) is 6.07 Å². The molecule has 0 aromatic heterocycles. The van der Waals surface area contributed by atoms with Crippen molar-refractivity contribution in [3.05, 3.63) is 35.6 Å². The molecule has 0 N–H and O–H groups in total. The molecule has 0 radical (unpaired) electrons. The lowest BCUT2D eigenvalue weighted by molar-refractivity contribution is 0.625. The molecule has 0 spiro atoms. The maximum Gasteiger partial charge on any atom is 0.123 e. The van der Waals surface area contributed by atoms with Crippen LogP contribution in [0.2, 0.25) is 0 Å². The molecule has 0 saturated carbocycles. The molecule has 12 heavy (non-hydrogen) atoms. The predicted octanol–water partition coefficient (Wildman–Crippen LogP) is 2.53. The van der Waals surface area contributed by atoms with Crippen LogP contribution in [0, 0.1) is 23.1 Å². The molecule has 1 aromatic rings. The van der Waals surface area contributed by atoms with Gasteiger partial charge in [-0.2, -0.15) is 5.26 Å². The highest BCUT2D eigenvalue weighted by atomic mass is 19.1. The van der Waals surface area contributed by atoms with Gasteiger partial charge in [-0.25, -0.2) is 4.39 Å². The van der Waals surface area contributed by atoms with Crippen LogP contribution in [0.15, 0.2) is 24.3 Å². The number of nitrogens with zero attached hydrogens (tertiary/aromatic N) is 1. The Morgan fingerprint density at radius 1 is 1.42 bits per heavy atom. The minimum Gasteiger partial charge on any atom is -0.207 e. The highest BCUT2D eigenvalue weighted by Gasteiger charge is 2.00. The van der Waals surface area contributed by atoms with E-state index in [9.17, 15) is 4.39 Å². The van der Waals surface area contributed by atoms with Gasteiger partial charge in [-0.15, -0.1) is 0 Å². The van der Waals surface area contributed by atoms with Crippen molar-refractivity contribution in [2.45, 2.75) is 13.3 Å². The largest absolute Gasteiger partial charge is 0.207 e. The van der Waals surface area contributed by atoms with Gasteiger partial charge in [0.1, 0.15) is 5.82 Å². The van der Waals surface area contributed by atoms with Crippen molar-refractivity contribution in [2.75, 3.05) is 0 Å². The lowest BCUT2D eigenvalue weighted by atomic mass is 10.0. The van der Waals surface area contributed by atoms with Gasteiger partial charge in [-0.05, 0) is 31.0 Å². The highest BCUT2D eigenvalue weighted by Crippen LogP contribution is 2.08. The lowest BCUT2D eigenvalue weighted by Gasteiger charge is -2.01. The number of nitriles is 1. The van der Waals surface area contributed by atoms with Crippen LogP contribution >= 0.6 is 0 Å². The van der Waals surface area contributed by atoms with Crippen molar-refractivity contribution < 1.29 is 4.39 Å². The molecule has 0 aliphatic carbocycles. The molecule has 1 aromatic carbocycles. The SMILES string of the molecule is CC(C#N)Cc1ccc(F)cc1. The Morgan fingerprint density at radius 3 is 2.50 bits per heavy atom. The maximum atomic E-state index is 12.4. The van der Waals surface area contributed by atoms with Crippen LogP contribution in [-0.4, -0.2) is 0 Å². The van der Waals surface area contributed by atoms with Crippen LogP contribution in [0.5, 0.6) is 0 Å². The second kappa shape index (κ2) is 3.87. The van der Waals surface area contributed by atoms with Crippen molar-refractivity contribution >= 4 is 0 Å². The van der Waals surface area contributed by atoms with E-state index in [0.29, 0.717) is 6.42 Å². The first-order chi connectivity index (χ1) is 5.72. The molecule has 0 heterocycles. The number of hydrogen-bond acceptors (Lipinski definition) is 1. The fourth-order valence-corrected chi connectivity index (χ4v) is 1.02. The van der Waals surface area contributed by atoms with Crippen molar-refractivity contribution in [2.24, 2.45) is 5.92 Å². The Morgan fingerprint density at radius 2 is 2.00 bits per heavy atom. The van der Waals surface area contributed by atoms with E-state index in [1.165, 1.54) is 12.1 Å². The molecule has 0 fully saturated rings. The van der Waals surface area contributed by atoms with Crippen LogP contribution in [0.3, 0.4) is 0 Å². The standard InChI is InChI=1S/C10H10FN/c1-8(7-12)6-9-2-4-10(11)5-3-9/h2-5,8H,6H2,1H3. The summed E-state index contributed by atoms with van der Waals surface area (Å²) in [5, 5.41) is 8.53. The Balaban J connectivity index is 2.66. The third kappa shape index (κ3) is 2.35. The third-order valence-electron chi connectivity index (χ3n) is 1.68. The fraction of sp³-hybridized carbons (Fsp3) is 0.300. The van der Waals surface area contributed by atoms with Crippen molar-refractivity contribution in [1.29, 1.82) is 5.26 Å². The zero-order valence-corrected chi connectivity index (χ0v) is 6.92. The molecule has 0 amide bonds. The normalized spacial score (nSPS) is 12.1. The molecule has 0 aliphatic rings. The first-order valence-electron chi connectivity index (χ1n) is 3.86. The molecule has 1 rings (SSSR count). The quantitative estimate of drug-likeness (QED) is 0.657. The van der Waals surface area contributed by atoms with E-state index in [-0.39, 0.29) is 11.7 Å². The molecular formula is C10H10FN. The van der Waals surface area contributed by atoms with E-state index in [2.05, 4.69) is 6.07 Å². The second-order valence-corrected chi connectivity index (χ2v) is 2.86. The van der Waals surface area contributed by atoms with E-state index in [4.69, 9.17) is 5.26 Å². The Labute approximate surface area is 71.4 Å². The van der Waals surface area contributed by atoms with Gasteiger partial charge in [-0.3, -0.25) is 0 Å². The molecule has 0 aliphatic heterocycles. The van der Waals surface area contributed by atoms with Gasteiger partial charge >= 0.3 is 0 Å². The van der Waals surface area contributed by atoms with Crippen LogP contribution < -0.4 is 0 Å². The van der Waals surface area contributed by atoms with Crippen LogP contribution in [0.25, 0.3) is 0 Å². The highest BCUT2D eigenvalue weighted by molar-refractivity contribution is 5.17. The van der Waals surface area contributed by atoms with E-state index >= 15 is 0 Å². The van der Waals surface area contributed by atoms with Crippen molar-refractivity contribution in [3.8, 4) is 6.07 Å². The number of hydrogen-bond donors (Lipinski definition) is 0. The first-order valence-corrected chi connectivity index (χ1v) is 3.86. The molecule has 1 atom stereocenters. The maximum absolute atomic E-state index is 12.4. The van der Waals surface area contributed by atoms with Crippen LogP contribution in [0.1, 0.15) is 12.5 Å². The van der Waals surface area contributed by atoms with Crippen molar-refractivity contribution in [1.82, 2.24) is 0 Å². The Hall–Kier alpha value is -1.36. The van der Waals surface area contributed by atoms with Gasteiger partial charge in [0.25, 0.3) is 0 Å². The van der Waals surface area contributed by atoms with E-state index in [1.807, 2.05) is 6.92 Å². The molecule has 0 saturated heterocycles. The Bertz CT molecular complexity index is 284. The Kier molecular flexibility index (Phi) is 2.82. The van der Waals surface area contributed by atoms with Gasteiger partial charge in [-0.1, -0.05) is 12.1 Å². The fourth-order valence-electron chi connectivity index (χ4n) is 1.02. The van der Waals surface area contributed by atoms with Crippen LogP contribution in [-0.2, 0) is 6.42 Å². The molecule has 2 heteroatoms. The predicted molar refractivity (Wildman–Crippen MR) is 44.9 cm³/mol. The van der Waals surface area contributed by atoms with E-state index in [0.717, 1.165) is 5.56 Å². The van der Waals surface area contributed by atoms with E-state index < -0.39 is 0 Å².